The minimum atomic E-state index is 0.221. The zero-order valence-electron chi connectivity index (χ0n) is 13.2. The maximum absolute atomic E-state index is 11.7. The first-order valence-electron chi connectivity index (χ1n) is 8.04. The number of carbonyl (C=O) groups is 1. The van der Waals surface area contributed by atoms with Crippen LogP contribution < -0.4 is 5.73 Å². The fraction of sp³-hybridized carbons (Fsp3) is 0.294. The van der Waals surface area contributed by atoms with Crippen molar-refractivity contribution in [3.63, 3.8) is 0 Å². The van der Waals surface area contributed by atoms with Gasteiger partial charge in [-0.05, 0) is 6.42 Å². The summed E-state index contributed by atoms with van der Waals surface area (Å²) in [6.07, 6.45) is 3.31. The Balaban J connectivity index is 1.67. The van der Waals surface area contributed by atoms with E-state index in [1.54, 1.807) is 6.33 Å². The standard InChI is InChI=1S/C17H18N6O/c18-15-14-17(21-16(20-15)12-5-2-1-3-6-12)23(11-19-14)10-9-22-8-4-7-13(22)24/h1-3,5-6,11H,4,7-10H2,(H2,18,20,21). The number of aromatic nitrogens is 4. The van der Waals surface area contributed by atoms with E-state index in [0.717, 1.165) is 18.5 Å². The molecule has 1 saturated heterocycles. The number of rotatable bonds is 4. The van der Waals surface area contributed by atoms with Crippen LogP contribution >= 0.6 is 0 Å². The predicted octanol–water partition coefficient (Wildman–Crippen LogP) is 1.70. The molecule has 122 valence electrons. The summed E-state index contributed by atoms with van der Waals surface area (Å²) in [5.41, 5.74) is 8.27. The first kappa shape index (κ1) is 14.6. The minimum Gasteiger partial charge on any atom is -0.382 e. The van der Waals surface area contributed by atoms with Gasteiger partial charge in [0.05, 0.1) is 6.33 Å². The largest absolute Gasteiger partial charge is 0.382 e. The van der Waals surface area contributed by atoms with Gasteiger partial charge in [-0.2, -0.15) is 0 Å². The number of hydrogen-bond acceptors (Lipinski definition) is 5. The molecular weight excluding hydrogens is 304 g/mol. The highest BCUT2D eigenvalue weighted by molar-refractivity contribution is 5.83. The smallest absolute Gasteiger partial charge is 0.222 e. The first-order chi connectivity index (χ1) is 11.7. The van der Waals surface area contributed by atoms with Crippen molar-refractivity contribution in [3.8, 4) is 11.4 Å². The van der Waals surface area contributed by atoms with Crippen molar-refractivity contribution in [1.29, 1.82) is 0 Å². The Labute approximate surface area is 139 Å². The van der Waals surface area contributed by atoms with Crippen LogP contribution in [0, 0.1) is 0 Å². The second-order valence-corrected chi connectivity index (χ2v) is 5.89. The molecule has 1 fully saturated rings. The van der Waals surface area contributed by atoms with Gasteiger partial charge in [0.15, 0.2) is 17.3 Å². The SMILES string of the molecule is Nc1nc(-c2ccccc2)nc2c1ncn2CCN1CCCC1=O. The lowest BCUT2D eigenvalue weighted by Gasteiger charge is -2.15. The summed E-state index contributed by atoms with van der Waals surface area (Å²) in [5.74, 6) is 1.17. The van der Waals surface area contributed by atoms with Crippen molar-refractivity contribution >= 4 is 22.9 Å². The zero-order valence-corrected chi connectivity index (χ0v) is 13.2. The molecule has 1 aliphatic heterocycles. The Morgan fingerprint density at radius 2 is 1.96 bits per heavy atom. The van der Waals surface area contributed by atoms with Crippen LogP contribution in [0.5, 0.6) is 0 Å². The number of nitrogen functional groups attached to an aromatic ring is 1. The molecule has 2 N–H and O–H groups in total. The van der Waals surface area contributed by atoms with Crippen LogP contribution in [0.2, 0.25) is 0 Å². The number of likely N-dealkylation sites (tertiary alicyclic amines) is 1. The van der Waals surface area contributed by atoms with E-state index in [1.807, 2.05) is 39.8 Å². The number of fused-ring (bicyclic) bond motifs is 1. The van der Waals surface area contributed by atoms with Gasteiger partial charge >= 0.3 is 0 Å². The molecule has 0 bridgehead atoms. The van der Waals surface area contributed by atoms with Gasteiger partial charge in [-0.3, -0.25) is 4.79 Å². The third-order valence-corrected chi connectivity index (χ3v) is 4.31. The Morgan fingerprint density at radius 3 is 2.71 bits per heavy atom. The molecule has 0 radical (unpaired) electrons. The summed E-state index contributed by atoms with van der Waals surface area (Å²) >= 11 is 0. The molecule has 1 aliphatic rings. The molecular formula is C17H18N6O. The van der Waals surface area contributed by atoms with Crippen molar-refractivity contribution < 1.29 is 4.79 Å². The summed E-state index contributed by atoms with van der Waals surface area (Å²) in [6.45, 7) is 2.14. The molecule has 3 aromatic rings. The quantitative estimate of drug-likeness (QED) is 0.789. The summed E-state index contributed by atoms with van der Waals surface area (Å²) in [5, 5.41) is 0. The van der Waals surface area contributed by atoms with Gasteiger partial charge in [0.1, 0.15) is 5.52 Å². The Bertz CT molecular complexity index is 889. The monoisotopic (exact) mass is 322 g/mol. The van der Waals surface area contributed by atoms with Crippen LogP contribution in [0.25, 0.3) is 22.6 Å². The van der Waals surface area contributed by atoms with Gasteiger partial charge < -0.3 is 15.2 Å². The van der Waals surface area contributed by atoms with Crippen molar-refractivity contribution in [2.24, 2.45) is 0 Å². The highest BCUT2D eigenvalue weighted by Gasteiger charge is 2.20. The molecule has 0 unspecified atom stereocenters. The third kappa shape index (κ3) is 2.58. The molecule has 4 rings (SSSR count). The van der Waals surface area contributed by atoms with E-state index in [2.05, 4.69) is 15.0 Å². The van der Waals surface area contributed by atoms with Gasteiger partial charge in [-0.15, -0.1) is 0 Å². The molecule has 0 atom stereocenters. The lowest BCUT2D eigenvalue weighted by molar-refractivity contribution is -0.127. The molecule has 0 saturated carbocycles. The van der Waals surface area contributed by atoms with E-state index < -0.39 is 0 Å². The van der Waals surface area contributed by atoms with E-state index in [1.165, 1.54) is 0 Å². The van der Waals surface area contributed by atoms with E-state index in [0.29, 0.717) is 42.3 Å². The first-order valence-corrected chi connectivity index (χ1v) is 8.04. The van der Waals surface area contributed by atoms with E-state index >= 15 is 0 Å². The second kappa shape index (κ2) is 5.92. The van der Waals surface area contributed by atoms with Crippen LogP contribution in [0.4, 0.5) is 5.82 Å². The van der Waals surface area contributed by atoms with E-state index in [-0.39, 0.29) is 5.91 Å². The predicted molar refractivity (Wildman–Crippen MR) is 91.0 cm³/mol. The summed E-state index contributed by atoms with van der Waals surface area (Å²) < 4.78 is 1.94. The molecule has 24 heavy (non-hydrogen) atoms. The van der Waals surface area contributed by atoms with Crippen LogP contribution in [0.3, 0.4) is 0 Å². The second-order valence-electron chi connectivity index (χ2n) is 5.89. The molecule has 0 spiro atoms. The summed E-state index contributed by atoms with van der Waals surface area (Å²) in [4.78, 5) is 27.0. The van der Waals surface area contributed by atoms with Crippen LogP contribution in [0.15, 0.2) is 36.7 Å². The van der Waals surface area contributed by atoms with Crippen LogP contribution in [-0.2, 0) is 11.3 Å². The number of nitrogens with two attached hydrogens (primary N) is 1. The molecule has 3 heterocycles. The third-order valence-electron chi connectivity index (χ3n) is 4.31. The lowest BCUT2D eigenvalue weighted by Crippen LogP contribution is -2.28. The normalized spacial score (nSPS) is 14.7. The maximum Gasteiger partial charge on any atom is 0.222 e. The number of imidazole rings is 1. The fourth-order valence-electron chi connectivity index (χ4n) is 3.01. The average molecular weight is 322 g/mol. The van der Waals surface area contributed by atoms with Gasteiger partial charge in [-0.1, -0.05) is 30.3 Å². The molecule has 2 aromatic heterocycles. The lowest BCUT2D eigenvalue weighted by atomic mass is 10.2. The number of benzene rings is 1. The highest BCUT2D eigenvalue weighted by atomic mass is 16.2. The number of anilines is 1. The minimum absolute atomic E-state index is 0.221. The van der Waals surface area contributed by atoms with Gasteiger partial charge in [0.2, 0.25) is 5.91 Å². The summed E-state index contributed by atoms with van der Waals surface area (Å²) in [7, 11) is 0. The molecule has 7 heteroatoms. The zero-order chi connectivity index (χ0) is 16.5. The number of carbonyl (C=O) groups excluding carboxylic acids is 1. The fourth-order valence-corrected chi connectivity index (χ4v) is 3.01. The van der Waals surface area contributed by atoms with Crippen molar-refractivity contribution in [1.82, 2.24) is 24.4 Å². The Morgan fingerprint density at radius 1 is 1.12 bits per heavy atom. The van der Waals surface area contributed by atoms with Crippen LogP contribution in [-0.4, -0.2) is 43.4 Å². The average Bonchev–Trinajstić information content (AvgIpc) is 3.20. The molecule has 7 nitrogen and oxygen atoms in total. The summed E-state index contributed by atoms with van der Waals surface area (Å²) in [6, 6.07) is 9.72. The maximum atomic E-state index is 11.7. The topological polar surface area (TPSA) is 89.9 Å². The number of nitrogens with zero attached hydrogens (tertiary/aromatic N) is 5. The molecule has 1 aromatic carbocycles. The van der Waals surface area contributed by atoms with Crippen LogP contribution in [0.1, 0.15) is 12.8 Å². The van der Waals surface area contributed by atoms with Crippen molar-refractivity contribution in [2.75, 3.05) is 18.8 Å². The van der Waals surface area contributed by atoms with Gasteiger partial charge in [0.25, 0.3) is 0 Å². The molecule has 0 aliphatic carbocycles. The van der Waals surface area contributed by atoms with Crippen molar-refractivity contribution in [2.45, 2.75) is 19.4 Å². The highest BCUT2D eigenvalue weighted by Crippen LogP contribution is 2.22. The number of hydrogen-bond donors (Lipinski definition) is 1. The van der Waals surface area contributed by atoms with Gasteiger partial charge in [0, 0.05) is 31.6 Å². The Hall–Kier alpha value is -2.96. The van der Waals surface area contributed by atoms with E-state index in [9.17, 15) is 4.79 Å². The van der Waals surface area contributed by atoms with Gasteiger partial charge in [-0.25, -0.2) is 15.0 Å². The van der Waals surface area contributed by atoms with Crippen molar-refractivity contribution in [3.05, 3.63) is 36.7 Å². The number of amides is 1. The Kier molecular flexibility index (Phi) is 3.60. The van der Waals surface area contributed by atoms with E-state index in [4.69, 9.17) is 5.73 Å². The molecule has 1 amide bonds.